The number of aliphatic hydroxyl groups is 1. The second-order valence-corrected chi connectivity index (χ2v) is 6.41. The van der Waals surface area contributed by atoms with E-state index in [1.54, 1.807) is 12.1 Å². The Hall–Kier alpha value is -2.58. The molecule has 0 aliphatic heterocycles. The fourth-order valence-corrected chi connectivity index (χ4v) is 3.58. The molecular formula is C22H20O2. The van der Waals surface area contributed by atoms with Gasteiger partial charge in [0.1, 0.15) is 5.75 Å². The van der Waals surface area contributed by atoms with Crippen molar-refractivity contribution >= 4 is 17.2 Å². The van der Waals surface area contributed by atoms with Gasteiger partial charge < -0.3 is 10.2 Å². The van der Waals surface area contributed by atoms with Gasteiger partial charge >= 0.3 is 0 Å². The van der Waals surface area contributed by atoms with Crippen molar-refractivity contribution in [3.63, 3.8) is 0 Å². The van der Waals surface area contributed by atoms with Crippen molar-refractivity contribution in [2.75, 3.05) is 6.61 Å². The molecule has 0 heterocycles. The van der Waals surface area contributed by atoms with Crippen LogP contribution < -0.4 is 0 Å². The van der Waals surface area contributed by atoms with E-state index in [-0.39, 0.29) is 6.61 Å². The second kappa shape index (κ2) is 6.14. The lowest BCUT2D eigenvalue weighted by atomic mass is 9.94. The van der Waals surface area contributed by atoms with Crippen molar-refractivity contribution in [1.29, 1.82) is 0 Å². The van der Waals surface area contributed by atoms with Crippen molar-refractivity contribution in [3.8, 4) is 5.75 Å². The lowest BCUT2D eigenvalue weighted by Gasteiger charge is -2.11. The van der Waals surface area contributed by atoms with Crippen LogP contribution in [0.25, 0.3) is 17.2 Å². The molecule has 0 bridgehead atoms. The Morgan fingerprint density at radius 1 is 1.04 bits per heavy atom. The largest absolute Gasteiger partial charge is 0.508 e. The molecule has 2 aliphatic carbocycles. The molecule has 0 saturated carbocycles. The first-order valence-electron chi connectivity index (χ1n) is 8.38. The first-order valence-corrected chi connectivity index (χ1v) is 8.38. The summed E-state index contributed by atoms with van der Waals surface area (Å²) in [5.41, 5.74) is 7.33. The third-order valence-electron chi connectivity index (χ3n) is 4.86. The zero-order chi connectivity index (χ0) is 16.5. The second-order valence-electron chi connectivity index (χ2n) is 6.41. The standard InChI is InChI=1S/C22H20O2/c23-11-10-15-4-7-20-13-19(8-9-22(15)20)18-6-5-17(12-18)16-2-1-3-21(24)14-16/h1-5,7-9,12-15,23-24H,6,10-11H2. The first-order chi connectivity index (χ1) is 11.7. The number of phenolic OH excluding ortho intramolecular Hbond substituents is 1. The van der Waals surface area contributed by atoms with Gasteiger partial charge in [-0.05, 0) is 64.4 Å². The highest BCUT2D eigenvalue weighted by atomic mass is 16.3. The van der Waals surface area contributed by atoms with Crippen molar-refractivity contribution < 1.29 is 10.2 Å². The average Bonchev–Trinajstić information content (AvgIpc) is 3.22. The van der Waals surface area contributed by atoms with Gasteiger partial charge in [0.15, 0.2) is 0 Å². The van der Waals surface area contributed by atoms with Gasteiger partial charge in [-0.15, -0.1) is 0 Å². The zero-order valence-corrected chi connectivity index (χ0v) is 13.4. The molecule has 2 N–H and O–H groups in total. The molecule has 1 unspecified atom stereocenters. The molecule has 0 spiro atoms. The number of phenols is 1. The summed E-state index contributed by atoms with van der Waals surface area (Å²) < 4.78 is 0. The van der Waals surface area contributed by atoms with E-state index in [1.165, 1.54) is 22.3 Å². The van der Waals surface area contributed by atoms with Crippen LogP contribution in [-0.4, -0.2) is 16.8 Å². The summed E-state index contributed by atoms with van der Waals surface area (Å²) in [6.45, 7) is 0.221. The molecule has 2 nitrogen and oxygen atoms in total. The maximum Gasteiger partial charge on any atom is 0.116 e. The summed E-state index contributed by atoms with van der Waals surface area (Å²) in [4.78, 5) is 0. The van der Waals surface area contributed by atoms with Gasteiger partial charge in [-0.1, -0.05) is 48.6 Å². The quantitative estimate of drug-likeness (QED) is 0.854. The molecule has 2 heteroatoms. The topological polar surface area (TPSA) is 40.5 Å². The average molecular weight is 316 g/mol. The summed E-state index contributed by atoms with van der Waals surface area (Å²) >= 11 is 0. The number of hydrogen-bond acceptors (Lipinski definition) is 2. The maximum absolute atomic E-state index is 9.66. The van der Waals surface area contributed by atoms with Gasteiger partial charge in [0.2, 0.25) is 0 Å². The number of fused-ring (bicyclic) bond motifs is 1. The van der Waals surface area contributed by atoms with E-state index in [2.05, 4.69) is 42.5 Å². The van der Waals surface area contributed by atoms with E-state index in [1.807, 2.05) is 12.1 Å². The van der Waals surface area contributed by atoms with Crippen molar-refractivity contribution in [2.24, 2.45) is 0 Å². The number of aromatic hydroxyl groups is 1. The third kappa shape index (κ3) is 2.70. The van der Waals surface area contributed by atoms with E-state index in [4.69, 9.17) is 5.11 Å². The Labute approximate surface area is 142 Å². The maximum atomic E-state index is 9.66. The van der Waals surface area contributed by atoms with E-state index in [9.17, 15) is 5.11 Å². The van der Waals surface area contributed by atoms with E-state index >= 15 is 0 Å². The molecule has 24 heavy (non-hydrogen) atoms. The zero-order valence-electron chi connectivity index (χ0n) is 13.4. The highest BCUT2D eigenvalue weighted by molar-refractivity contribution is 5.90. The molecule has 0 fully saturated rings. The van der Waals surface area contributed by atoms with Crippen LogP contribution in [0.5, 0.6) is 5.75 Å². The molecule has 0 amide bonds. The molecule has 0 radical (unpaired) electrons. The van der Waals surface area contributed by atoms with Gasteiger partial charge in [0.25, 0.3) is 0 Å². The Bertz CT molecular complexity index is 871. The van der Waals surface area contributed by atoms with Crippen LogP contribution in [0.15, 0.2) is 60.7 Å². The van der Waals surface area contributed by atoms with Gasteiger partial charge in [-0.2, -0.15) is 0 Å². The predicted molar refractivity (Wildman–Crippen MR) is 98.6 cm³/mol. The Kier molecular flexibility index (Phi) is 3.83. The highest BCUT2D eigenvalue weighted by Crippen LogP contribution is 2.37. The van der Waals surface area contributed by atoms with Crippen LogP contribution in [0.4, 0.5) is 0 Å². The molecule has 2 aliphatic rings. The minimum Gasteiger partial charge on any atom is -0.508 e. The van der Waals surface area contributed by atoms with Crippen LogP contribution in [0.1, 0.15) is 41.0 Å². The number of aliphatic hydroxyl groups excluding tert-OH is 1. The highest BCUT2D eigenvalue weighted by Gasteiger charge is 2.18. The summed E-state index contributed by atoms with van der Waals surface area (Å²) in [7, 11) is 0. The summed E-state index contributed by atoms with van der Waals surface area (Å²) in [6.07, 6.45) is 10.5. The Morgan fingerprint density at radius 2 is 1.96 bits per heavy atom. The molecule has 0 aromatic heterocycles. The molecule has 2 aromatic rings. The minimum absolute atomic E-state index is 0.221. The number of rotatable bonds is 4. The van der Waals surface area contributed by atoms with Crippen LogP contribution in [0.2, 0.25) is 0 Å². The van der Waals surface area contributed by atoms with E-state index in [0.717, 1.165) is 24.0 Å². The van der Waals surface area contributed by atoms with Gasteiger partial charge in [-0.3, -0.25) is 0 Å². The molecule has 1 atom stereocenters. The van der Waals surface area contributed by atoms with Crippen LogP contribution in [0.3, 0.4) is 0 Å². The van der Waals surface area contributed by atoms with Crippen LogP contribution >= 0.6 is 0 Å². The smallest absolute Gasteiger partial charge is 0.116 e. The Morgan fingerprint density at radius 3 is 2.79 bits per heavy atom. The normalized spacial score (nSPS) is 18.5. The number of benzene rings is 2. The molecule has 0 saturated heterocycles. The lowest BCUT2D eigenvalue weighted by molar-refractivity contribution is 0.283. The van der Waals surface area contributed by atoms with Crippen molar-refractivity contribution in [1.82, 2.24) is 0 Å². The minimum atomic E-state index is 0.221. The summed E-state index contributed by atoms with van der Waals surface area (Å²) in [5, 5.41) is 18.8. The summed E-state index contributed by atoms with van der Waals surface area (Å²) in [5.74, 6) is 0.644. The van der Waals surface area contributed by atoms with Crippen LogP contribution in [-0.2, 0) is 0 Å². The molecule has 4 rings (SSSR count). The fourth-order valence-electron chi connectivity index (χ4n) is 3.58. The van der Waals surface area contributed by atoms with Gasteiger partial charge in [-0.25, -0.2) is 0 Å². The molecule has 2 aromatic carbocycles. The molecular weight excluding hydrogens is 296 g/mol. The number of allylic oxidation sites excluding steroid dienone is 5. The SMILES string of the molecule is OCCC1C=Cc2cc(C3=CC(c4cccc(O)c4)=CC3)ccc21. The van der Waals surface area contributed by atoms with Crippen molar-refractivity contribution in [3.05, 3.63) is 82.9 Å². The fraction of sp³-hybridized carbons (Fsp3) is 0.182. The lowest BCUT2D eigenvalue weighted by Crippen LogP contribution is -1.97. The third-order valence-corrected chi connectivity index (χ3v) is 4.86. The van der Waals surface area contributed by atoms with E-state index in [0.29, 0.717) is 11.7 Å². The summed E-state index contributed by atoms with van der Waals surface area (Å²) in [6, 6.07) is 14.0. The van der Waals surface area contributed by atoms with Gasteiger partial charge in [0, 0.05) is 12.5 Å². The first kappa shape index (κ1) is 15.0. The Balaban J connectivity index is 1.60. The van der Waals surface area contributed by atoms with E-state index < -0.39 is 0 Å². The monoisotopic (exact) mass is 316 g/mol. The number of hydrogen-bond donors (Lipinski definition) is 2. The predicted octanol–water partition coefficient (Wildman–Crippen LogP) is 4.76. The molecule has 120 valence electrons. The van der Waals surface area contributed by atoms with Gasteiger partial charge in [0.05, 0.1) is 0 Å². The van der Waals surface area contributed by atoms with Crippen molar-refractivity contribution in [2.45, 2.75) is 18.8 Å². The van der Waals surface area contributed by atoms with Crippen LogP contribution in [0, 0.1) is 0 Å².